The number of likely N-dealkylation sites (N-methyl/N-ethyl adjacent to an activating group) is 1. The van der Waals surface area contributed by atoms with Crippen LogP contribution in [0.25, 0.3) is 0 Å². The number of nitrogens with zero attached hydrogens (tertiary/aromatic N) is 1. The molecule has 4 nitrogen and oxygen atoms in total. The van der Waals surface area contributed by atoms with Crippen LogP contribution in [-0.4, -0.2) is 47.0 Å². The number of phenolic OH excluding ortho intramolecular Hbond substituents is 1. The van der Waals surface area contributed by atoms with Crippen molar-refractivity contribution in [2.24, 2.45) is 5.92 Å². The summed E-state index contributed by atoms with van der Waals surface area (Å²) in [5.74, 6) is 1.19. The average molecular weight is 285 g/mol. The second-order valence-electron chi connectivity index (χ2n) is 6.93. The number of ether oxygens (including phenoxy) is 1. The highest BCUT2D eigenvalue weighted by atomic mass is 16.5. The number of rotatable bonds is 0. The van der Waals surface area contributed by atoms with E-state index < -0.39 is 6.10 Å². The van der Waals surface area contributed by atoms with Crippen molar-refractivity contribution in [3.63, 3.8) is 0 Å². The lowest BCUT2D eigenvalue weighted by Crippen LogP contribution is -2.64. The van der Waals surface area contributed by atoms with E-state index in [9.17, 15) is 10.2 Å². The zero-order valence-corrected chi connectivity index (χ0v) is 12.0. The Morgan fingerprint density at radius 1 is 1.33 bits per heavy atom. The fourth-order valence-corrected chi connectivity index (χ4v) is 5.24. The van der Waals surface area contributed by atoms with Crippen molar-refractivity contribution >= 4 is 0 Å². The summed E-state index contributed by atoms with van der Waals surface area (Å²) in [4.78, 5) is 2.43. The Balaban J connectivity index is 1.84. The standard InChI is InChI=1S/C17H19NO3/c1-18-7-6-17-10-3-5-13(20)16(17)21-15-12(19)4-2-9(14(15)17)8-11(10)18/h2-5,10-11,13,16,19-20H,6-8H2,1H3/t10-,11?,13?,16?,17-/m0/s1. The van der Waals surface area contributed by atoms with E-state index in [1.54, 1.807) is 6.07 Å². The maximum Gasteiger partial charge on any atom is 0.165 e. The third-order valence-corrected chi connectivity index (χ3v) is 6.15. The Bertz CT molecular complexity index is 670. The van der Waals surface area contributed by atoms with E-state index in [2.05, 4.69) is 18.0 Å². The fourth-order valence-electron chi connectivity index (χ4n) is 5.24. The van der Waals surface area contributed by atoms with Gasteiger partial charge in [-0.15, -0.1) is 0 Å². The molecule has 1 aromatic rings. The molecular weight excluding hydrogens is 266 g/mol. The summed E-state index contributed by atoms with van der Waals surface area (Å²) < 4.78 is 6.09. The first-order chi connectivity index (χ1) is 10.1. The van der Waals surface area contributed by atoms with Gasteiger partial charge in [0.25, 0.3) is 0 Å². The van der Waals surface area contributed by atoms with Gasteiger partial charge in [0.1, 0.15) is 12.2 Å². The largest absolute Gasteiger partial charge is 0.504 e. The number of phenols is 1. The van der Waals surface area contributed by atoms with E-state index >= 15 is 0 Å². The van der Waals surface area contributed by atoms with Gasteiger partial charge in [0, 0.05) is 22.9 Å². The second kappa shape index (κ2) is 3.62. The normalized spacial score (nSPS) is 42.6. The van der Waals surface area contributed by atoms with E-state index in [1.807, 2.05) is 12.1 Å². The van der Waals surface area contributed by atoms with Crippen LogP contribution >= 0.6 is 0 Å². The molecule has 1 aromatic carbocycles. The van der Waals surface area contributed by atoms with E-state index in [0.717, 1.165) is 19.4 Å². The van der Waals surface area contributed by atoms with Crippen LogP contribution in [0.4, 0.5) is 0 Å². The fraction of sp³-hybridized carbons (Fsp3) is 0.529. The van der Waals surface area contributed by atoms with Crippen molar-refractivity contribution < 1.29 is 14.9 Å². The molecule has 2 heterocycles. The molecule has 0 radical (unpaired) electrons. The summed E-state index contributed by atoms with van der Waals surface area (Å²) in [5, 5.41) is 20.6. The van der Waals surface area contributed by atoms with Crippen molar-refractivity contribution in [2.45, 2.75) is 36.5 Å². The molecular formula is C17H19NO3. The zero-order chi connectivity index (χ0) is 14.4. The van der Waals surface area contributed by atoms with Crippen LogP contribution in [-0.2, 0) is 11.8 Å². The van der Waals surface area contributed by atoms with Crippen LogP contribution in [0.3, 0.4) is 0 Å². The maximum atomic E-state index is 10.4. The number of piperidine rings is 1. The van der Waals surface area contributed by atoms with Gasteiger partial charge in [0.05, 0.1) is 0 Å². The molecule has 0 saturated carbocycles. The molecule has 2 aliphatic carbocycles. The number of aliphatic hydroxyl groups is 1. The Kier molecular flexibility index (Phi) is 2.08. The number of hydrogen-bond acceptors (Lipinski definition) is 4. The quantitative estimate of drug-likeness (QED) is 0.703. The van der Waals surface area contributed by atoms with E-state index in [-0.39, 0.29) is 17.3 Å². The van der Waals surface area contributed by atoms with Gasteiger partial charge in [0.15, 0.2) is 11.5 Å². The van der Waals surface area contributed by atoms with Crippen LogP contribution in [0, 0.1) is 5.92 Å². The monoisotopic (exact) mass is 285 g/mol. The summed E-state index contributed by atoms with van der Waals surface area (Å²) in [7, 11) is 2.19. The minimum absolute atomic E-state index is 0.160. The van der Waals surface area contributed by atoms with Gasteiger partial charge in [-0.1, -0.05) is 18.2 Å². The topological polar surface area (TPSA) is 52.9 Å². The number of hydrogen-bond donors (Lipinski definition) is 2. The van der Waals surface area contributed by atoms with Gasteiger partial charge in [-0.3, -0.25) is 0 Å². The summed E-state index contributed by atoms with van der Waals surface area (Å²) in [6.07, 6.45) is 5.18. The molecule has 5 rings (SSSR count). The Morgan fingerprint density at radius 2 is 2.19 bits per heavy atom. The molecule has 110 valence electrons. The predicted octanol–water partition coefficient (Wildman–Crippen LogP) is 1.20. The van der Waals surface area contributed by atoms with Crippen LogP contribution in [0.5, 0.6) is 11.5 Å². The molecule has 0 aromatic heterocycles. The molecule has 21 heavy (non-hydrogen) atoms. The number of likely N-dealkylation sites (tertiary alicyclic amines) is 1. The van der Waals surface area contributed by atoms with Crippen molar-refractivity contribution in [3.05, 3.63) is 35.4 Å². The maximum absolute atomic E-state index is 10.4. The van der Waals surface area contributed by atoms with Gasteiger partial charge in [-0.05, 0) is 38.1 Å². The Labute approximate surface area is 123 Å². The average Bonchev–Trinajstić information content (AvgIpc) is 2.83. The van der Waals surface area contributed by atoms with Crippen LogP contribution in [0.2, 0.25) is 0 Å². The van der Waals surface area contributed by atoms with Gasteiger partial charge < -0.3 is 19.8 Å². The lowest BCUT2D eigenvalue weighted by Gasteiger charge is -2.56. The highest BCUT2D eigenvalue weighted by Gasteiger charge is 2.64. The van der Waals surface area contributed by atoms with Gasteiger partial charge in [-0.25, -0.2) is 0 Å². The Hall–Kier alpha value is -1.52. The van der Waals surface area contributed by atoms with Crippen molar-refractivity contribution in [3.8, 4) is 11.5 Å². The summed E-state index contributed by atoms with van der Waals surface area (Å²) in [6, 6.07) is 4.23. The molecule has 4 heteroatoms. The summed E-state index contributed by atoms with van der Waals surface area (Å²) in [5.41, 5.74) is 2.29. The van der Waals surface area contributed by atoms with Crippen molar-refractivity contribution in [1.82, 2.24) is 4.90 Å². The second-order valence-corrected chi connectivity index (χ2v) is 6.93. The SMILES string of the molecule is CN1CC[C@]23c4c5ccc(O)c4OC2C(O)C=C[C@H]3C1C5. The number of aromatic hydroxyl groups is 1. The number of aliphatic hydroxyl groups excluding tert-OH is 1. The summed E-state index contributed by atoms with van der Waals surface area (Å²) in [6.45, 7) is 1.01. The first kappa shape index (κ1) is 12.1. The van der Waals surface area contributed by atoms with E-state index in [1.165, 1.54) is 11.1 Å². The smallest absolute Gasteiger partial charge is 0.165 e. The van der Waals surface area contributed by atoms with Gasteiger partial charge in [0.2, 0.25) is 0 Å². The van der Waals surface area contributed by atoms with Crippen molar-refractivity contribution in [1.29, 1.82) is 0 Å². The lowest BCUT2D eigenvalue weighted by molar-refractivity contribution is -0.0453. The molecule has 1 spiro atoms. The predicted molar refractivity (Wildman–Crippen MR) is 77.6 cm³/mol. The molecule has 5 atom stereocenters. The lowest BCUT2D eigenvalue weighted by atomic mass is 9.53. The first-order valence-electron chi connectivity index (χ1n) is 7.71. The molecule has 1 saturated heterocycles. The minimum Gasteiger partial charge on any atom is -0.504 e. The molecule has 2 N–H and O–H groups in total. The third kappa shape index (κ3) is 1.21. The molecule has 4 aliphatic rings. The minimum atomic E-state index is -0.594. The van der Waals surface area contributed by atoms with Crippen LogP contribution < -0.4 is 4.74 Å². The van der Waals surface area contributed by atoms with Gasteiger partial charge >= 0.3 is 0 Å². The molecule has 0 amide bonds. The van der Waals surface area contributed by atoms with E-state index in [0.29, 0.717) is 17.7 Å². The van der Waals surface area contributed by atoms with Gasteiger partial charge in [-0.2, -0.15) is 0 Å². The van der Waals surface area contributed by atoms with Crippen LogP contribution in [0.1, 0.15) is 17.5 Å². The molecule has 2 bridgehead atoms. The summed E-state index contributed by atoms with van der Waals surface area (Å²) >= 11 is 0. The Morgan fingerprint density at radius 3 is 3.05 bits per heavy atom. The first-order valence-corrected chi connectivity index (χ1v) is 7.71. The number of benzene rings is 1. The van der Waals surface area contributed by atoms with Crippen LogP contribution in [0.15, 0.2) is 24.3 Å². The van der Waals surface area contributed by atoms with Crippen molar-refractivity contribution in [2.75, 3.05) is 13.6 Å². The zero-order valence-electron chi connectivity index (χ0n) is 12.0. The van der Waals surface area contributed by atoms with E-state index in [4.69, 9.17) is 4.74 Å². The molecule has 1 fully saturated rings. The highest BCUT2D eigenvalue weighted by Crippen LogP contribution is 2.62. The molecule has 2 aliphatic heterocycles. The highest BCUT2D eigenvalue weighted by molar-refractivity contribution is 5.61. The molecule has 3 unspecified atom stereocenters. The third-order valence-electron chi connectivity index (χ3n) is 6.15.